The van der Waals surface area contributed by atoms with Gasteiger partial charge in [-0.3, -0.25) is 0 Å². The van der Waals surface area contributed by atoms with Crippen molar-refractivity contribution in [1.29, 1.82) is 0 Å². The lowest BCUT2D eigenvalue weighted by Crippen LogP contribution is -2.28. The summed E-state index contributed by atoms with van der Waals surface area (Å²) in [4.78, 5) is 0. The summed E-state index contributed by atoms with van der Waals surface area (Å²) in [6.45, 7) is 6.23. The van der Waals surface area contributed by atoms with E-state index in [-0.39, 0.29) is 5.75 Å². The van der Waals surface area contributed by atoms with Crippen molar-refractivity contribution in [1.82, 2.24) is 0 Å². The summed E-state index contributed by atoms with van der Waals surface area (Å²) in [6, 6.07) is 5.19. The predicted molar refractivity (Wildman–Crippen MR) is 56.5 cm³/mol. The molecule has 0 aromatic heterocycles. The Kier molecular flexibility index (Phi) is 3.01. The Balaban J connectivity index is 3.06. The second-order valence-electron chi connectivity index (χ2n) is 3.84. The van der Waals surface area contributed by atoms with Crippen molar-refractivity contribution in [3.05, 3.63) is 23.8 Å². The van der Waals surface area contributed by atoms with Crippen molar-refractivity contribution in [3.63, 3.8) is 0 Å². The van der Waals surface area contributed by atoms with Crippen LogP contribution in [0, 0.1) is 0 Å². The molecule has 0 bridgehead atoms. The Morgan fingerprint density at radius 1 is 1.43 bits per heavy atom. The molecular formula is C11H17NO2. The highest BCUT2D eigenvalue weighted by atomic mass is 16.5. The van der Waals surface area contributed by atoms with Gasteiger partial charge in [-0.05, 0) is 38.5 Å². The molecule has 0 saturated heterocycles. The van der Waals surface area contributed by atoms with Gasteiger partial charge in [0.2, 0.25) is 0 Å². The van der Waals surface area contributed by atoms with Crippen LogP contribution in [0.25, 0.3) is 0 Å². The maximum atomic E-state index is 9.47. The van der Waals surface area contributed by atoms with Crippen LogP contribution in [-0.4, -0.2) is 11.7 Å². The molecule has 0 aliphatic carbocycles. The summed E-state index contributed by atoms with van der Waals surface area (Å²) in [5.41, 5.74) is 6.46. The molecule has 0 saturated carbocycles. The number of aromatic hydroxyl groups is 1. The minimum absolute atomic E-state index is 0.153. The third-order valence-electron chi connectivity index (χ3n) is 2.00. The molecule has 1 aromatic carbocycles. The fraction of sp³-hybridized carbons (Fsp3) is 0.455. The molecule has 3 N–H and O–H groups in total. The molecule has 0 fully saturated rings. The van der Waals surface area contributed by atoms with Crippen LogP contribution >= 0.6 is 0 Å². The summed E-state index contributed by atoms with van der Waals surface area (Å²) < 4.78 is 5.27. The van der Waals surface area contributed by atoms with Gasteiger partial charge in [-0.25, -0.2) is 0 Å². The molecule has 3 nitrogen and oxygen atoms in total. The minimum Gasteiger partial charge on any atom is -0.504 e. The zero-order valence-corrected chi connectivity index (χ0v) is 8.87. The number of hydrogen-bond donors (Lipinski definition) is 2. The zero-order chi connectivity index (χ0) is 10.8. The Hall–Kier alpha value is -1.22. The van der Waals surface area contributed by atoms with E-state index in [4.69, 9.17) is 10.5 Å². The molecule has 0 aliphatic rings. The first-order valence-corrected chi connectivity index (χ1v) is 4.70. The van der Waals surface area contributed by atoms with Crippen LogP contribution in [0.3, 0.4) is 0 Å². The van der Waals surface area contributed by atoms with Crippen molar-refractivity contribution in [3.8, 4) is 11.5 Å². The number of benzene rings is 1. The monoisotopic (exact) mass is 195 g/mol. The summed E-state index contributed by atoms with van der Waals surface area (Å²) in [5, 5.41) is 9.47. The number of nitrogens with two attached hydrogens (primary N) is 1. The molecule has 0 heterocycles. The first-order valence-electron chi connectivity index (χ1n) is 4.70. The van der Waals surface area contributed by atoms with Gasteiger partial charge >= 0.3 is 0 Å². The van der Waals surface area contributed by atoms with Gasteiger partial charge in [0.05, 0.1) is 6.61 Å². The molecule has 0 radical (unpaired) electrons. The van der Waals surface area contributed by atoms with E-state index in [0.717, 1.165) is 5.56 Å². The van der Waals surface area contributed by atoms with E-state index in [9.17, 15) is 5.11 Å². The Labute approximate surface area is 84.5 Å². The Bertz CT molecular complexity index is 316. The molecule has 1 rings (SSSR count). The van der Waals surface area contributed by atoms with E-state index in [2.05, 4.69) is 0 Å². The summed E-state index contributed by atoms with van der Waals surface area (Å²) in [7, 11) is 0. The smallest absolute Gasteiger partial charge is 0.161 e. The third kappa shape index (κ3) is 2.39. The highest BCUT2D eigenvalue weighted by Gasteiger charge is 2.16. The van der Waals surface area contributed by atoms with Gasteiger partial charge in [0.1, 0.15) is 0 Å². The summed E-state index contributed by atoms with van der Waals surface area (Å²) in [5.74, 6) is 0.642. The standard InChI is InChI=1S/C11H17NO2/c1-4-14-10-7-8(11(2,3)12)5-6-9(10)13/h5-7,13H,4,12H2,1-3H3. The molecule has 0 atom stereocenters. The topological polar surface area (TPSA) is 55.5 Å². The number of phenolic OH excluding ortho intramolecular Hbond substituents is 1. The number of hydrogen-bond acceptors (Lipinski definition) is 3. The van der Waals surface area contributed by atoms with E-state index < -0.39 is 5.54 Å². The molecule has 0 amide bonds. The molecule has 0 unspecified atom stereocenters. The largest absolute Gasteiger partial charge is 0.504 e. The maximum absolute atomic E-state index is 9.47. The second-order valence-corrected chi connectivity index (χ2v) is 3.84. The van der Waals surface area contributed by atoms with Crippen molar-refractivity contribution < 1.29 is 9.84 Å². The van der Waals surface area contributed by atoms with Gasteiger partial charge < -0.3 is 15.6 Å². The van der Waals surface area contributed by atoms with Gasteiger partial charge in [-0.2, -0.15) is 0 Å². The lowest BCUT2D eigenvalue weighted by Gasteiger charge is -2.20. The fourth-order valence-corrected chi connectivity index (χ4v) is 1.19. The average molecular weight is 195 g/mol. The van der Waals surface area contributed by atoms with Crippen molar-refractivity contribution in [2.24, 2.45) is 5.73 Å². The lowest BCUT2D eigenvalue weighted by molar-refractivity contribution is 0.317. The van der Waals surface area contributed by atoms with E-state index in [1.807, 2.05) is 20.8 Å². The first-order chi connectivity index (χ1) is 6.45. The SMILES string of the molecule is CCOc1cc(C(C)(C)N)ccc1O. The number of rotatable bonds is 3. The normalized spacial score (nSPS) is 11.4. The van der Waals surface area contributed by atoms with Crippen molar-refractivity contribution >= 4 is 0 Å². The second kappa shape index (κ2) is 3.88. The number of phenols is 1. The highest BCUT2D eigenvalue weighted by Crippen LogP contribution is 2.30. The van der Waals surface area contributed by atoms with Crippen LogP contribution in [0.15, 0.2) is 18.2 Å². The molecule has 78 valence electrons. The predicted octanol–water partition coefficient (Wildman–Crippen LogP) is 1.98. The molecule has 0 aliphatic heterocycles. The lowest BCUT2D eigenvalue weighted by atomic mass is 9.95. The highest BCUT2D eigenvalue weighted by molar-refractivity contribution is 5.43. The van der Waals surface area contributed by atoms with Crippen LogP contribution in [0.2, 0.25) is 0 Å². The molecule has 0 spiro atoms. The first kappa shape index (κ1) is 10.9. The third-order valence-corrected chi connectivity index (χ3v) is 2.00. The molecule has 1 aromatic rings. The van der Waals surface area contributed by atoms with Gasteiger partial charge in [0.15, 0.2) is 11.5 Å². The maximum Gasteiger partial charge on any atom is 0.161 e. The van der Waals surface area contributed by atoms with E-state index >= 15 is 0 Å². The van der Waals surface area contributed by atoms with Crippen LogP contribution in [0.1, 0.15) is 26.3 Å². The summed E-state index contributed by atoms with van der Waals surface area (Å²) in [6.07, 6.45) is 0. The fourth-order valence-electron chi connectivity index (χ4n) is 1.19. The molecule has 3 heteroatoms. The zero-order valence-electron chi connectivity index (χ0n) is 8.87. The van der Waals surface area contributed by atoms with Gasteiger partial charge in [0.25, 0.3) is 0 Å². The Morgan fingerprint density at radius 3 is 2.57 bits per heavy atom. The van der Waals surface area contributed by atoms with Gasteiger partial charge in [-0.1, -0.05) is 6.07 Å². The summed E-state index contributed by atoms with van der Waals surface area (Å²) >= 11 is 0. The van der Waals surface area contributed by atoms with Crippen LogP contribution in [-0.2, 0) is 5.54 Å². The van der Waals surface area contributed by atoms with Gasteiger partial charge in [0, 0.05) is 5.54 Å². The average Bonchev–Trinajstić information content (AvgIpc) is 2.07. The van der Waals surface area contributed by atoms with Crippen molar-refractivity contribution in [2.75, 3.05) is 6.61 Å². The van der Waals surface area contributed by atoms with E-state index in [1.54, 1.807) is 18.2 Å². The van der Waals surface area contributed by atoms with Crippen LogP contribution in [0.4, 0.5) is 0 Å². The minimum atomic E-state index is -0.417. The Morgan fingerprint density at radius 2 is 2.07 bits per heavy atom. The number of ether oxygens (including phenoxy) is 1. The molecular weight excluding hydrogens is 178 g/mol. The molecule has 14 heavy (non-hydrogen) atoms. The quantitative estimate of drug-likeness (QED) is 0.775. The van der Waals surface area contributed by atoms with E-state index in [1.165, 1.54) is 0 Å². The van der Waals surface area contributed by atoms with Crippen LogP contribution in [0.5, 0.6) is 11.5 Å². The van der Waals surface area contributed by atoms with Crippen molar-refractivity contribution in [2.45, 2.75) is 26.3 Å². The van der Waals surface area contributed by atoms with Crippen LogP contribution < -0.4 is 10.5 Å². The van der Waals surface area contributed by atoms with E-state index in [0.29, 0.717) is 12.4 Å². The van der Waals surface area contributed by atoms with Gasteiger partial charge in [-0.15, -0.1) is 0 Å².